The van der Waals surface area contributed by atoms with Gasteiger partial charge in [0.25, 0.3) is 0 Å². The van der Waals surface area contributed by atoms with E-state index in [2.05, 4.69) is 0 Å². The first kappa shape index (κ1) is 9.17. The van der Waals surface area contributed by atoms with Gasteiger partial charge in [-0.1, -0.05) is 25.1 Å². The monoisotopic (exact) mass is 170 g/mol. The Morgan fingerprint density at radius 1 is 1.42 bits per heavy atom. The van der Waals surface area contributed by atoms with Gasteiger partial charge >= 0.3 is 0 Å². The van der Waals surface area contributed by atoms with E-state index < -0.39 is 12.0 Å². The van der Waals surface area contributed by atoms with Crippen LogP contribution >= 0.6 is 0 Å². The van der Waals surface area contributed by atoms with Gasteiger partial charge in [0.05, 0.1) is 0 Å². The number of rotatable bonds is 2. The van der Waals surface area contributed by atoms with Crippen LogP contribution in [0.25, 0.3) is 0 Å². The normalized spacial score (nSPS) is 13.0. The summed E-state index contributed by atoms with van der Waals surface area (Å²) in [6, 6.07) is 4.85. The summed E-state index contributed by atoms with van der Waals surface area (Å²) < 4.78 is 26.1. The maximum Gasteiger partial charge on any atom is 0.132 e. The molecule has 0 amide bonds. The van der Waals surface area contributed by atoms with Gasteiger partial charge in [0.15, 0.2) is 0 Å². The van der Waals surface area contributed by atoms with Crippen LogP contribution in [0.3, 0.4) is 0 Å². The summed E-state index contributed by atoms with van der Waals surface area (Å²) >= 11 is 0. The van der Waals surface area contributed by atoms with E-state index in [1.54, 1.807) is 12.1 Å². The van der Waals surface area contributed by atoms with Crippen LogP contribution in [-0.2, 0) is 6.42 Å². The molecule has 1 rings (SSSR count). The van der Waals surface area contributed by atoms with E-state index in [4.69, 9.17) is 0 Å². The van der Waals surface area contributed by atoms with Crippen LogP contribution in [0.2, 0.25) is 0 Å². The highest BCUT2D eigenvalue weighted by molar-refractivity contribution is 5.27. The van der Waals surface area contributed by atoms with Gasteiger partial charge in [-0.05, 0) is 18.9 Å². The molecule has 0 aromatic heterocycles. The minimum atomic E-state index is -1.23. The standard InChI is InChI=1S/C10H12F2/c1-3-8-5-4-6-9(7(2)11)10(8)12/h4-7H,3H2,1-2H3. The van der Waals surface area contributed by atoms with Crippen LogP contribution in [-0.4, -0.2) is 0 Å². The molecular formula is C10H12F2. The first-order valence-electron chi connectivity index (χ1n) is 4.08. The summed E-state index contributed by atoms with van der Waals surface area (Å²) in [7, 11) is 0. The van der Waals surface area contributed by atoms with E-state index in [1.165, 1.54) is 13.0 Å². The lowest BCUT2D eigenvalue weighted by molar-refractivity contribution is 0.360. The van der Waals surface area contributed by atoms with Crippen molar-refractivity contribution in [1.82, 2.24) is 0 Å². The Hall–Kier alpha value is -0.920. The van der Waals surface area contributed by atoms with E-state index in [-0.39, 0.29) is 5.56 Å². The molecule has 0 N–H and O–H groups in total. The van der Waals surface area contributed by atoms with Crippen LogP contribution in [0.4, 0.5) is 8.78 Å². The predicted molar refractivity (Wildman–Crippen MR) is 45.3 cm³/mol. The number of hydrogen-bond donors (Lipinski definition) is 0. The quantitative estimate of drug-likeness (QED) is 0.638. The topological polar surface area (TPSA) is 0 Å². The van der Waals surface area contributed by atoms with Crippen molar-refractivity contribution in [2.24, 2.45) is 0 Å². The highest BCUT2D eigenvalue weighted by Crippen LogP contribution is 2.22. The third-order valence-electron chi connectivity index (χ3n) is 1.92. The first-order chi connectivity index (χ1) is 5.66. The molecule has 0 heterocycles. The third kappa shape index (κ3) is 1.63. The van der Waals surface area contributed by atoms with E-state index in [0.29, 0.717) is 12.0 Å². The van der Waals surface area contributed by atoms with Gasteiger partial charge in [-0.15, -0.1) is 0 Å². The zero-order valence-corrected chi connectivity index (χ0v) is 7.27. The molecule has 66 valence electrons. The number of alkyl halides is 1. The minimum absolute atomic E-state index is 0.161. The second kappa shape index (κ2) is 3.65. The second-order valence-corrected chi connectivity index (χ2v) is 2.79. The zero-order chi connectivity index (χ0) is 9.14. The van der Waals surface area contributed by atoms with Crippen molar-refractivity contribution >= 4 is 0 Å². The Labute approximate surface area is 71.2 Å². The second-order valence-electron chi connectivity index (χ2n) is 2.79. The minimum Gasteiger partial charge on any atom is -0.242 e. The fourth-order valence-electron chi connectivity index (χ4n) is 1.18. The van der Waals surface area contributed by atoms with E-state index in [9.17, 15) is 8.78 Å². The zero-order valence-electron chi connectivity index (χ0n) is 7.27. The summed E-state index contributed by atoms with van der Waals surface area (Å²) in [4.78, 5) is 0. The lowest BCUT2D eigenvalue weighted by Crippen LogP contribution is -1.96. The fourth-order valence-corrected chi connectivity index (χ4v) is 1.18. The van der Waals surface area contributed by atoms with E-state index in [0.717, 1.165) is 0 Å². The molecule has 0 nitrogen and oxygen atoms in total. The molecule has 1 aromatic carbocycles. The van der Waals surface area contributed by atoms with Crippen molar-refractivity contribution in [3.63, 3.8) is 0 Å². The number of aryl methyl sites for hydroxylation is 1. The van der Waals surface area contributed by atoms with Gasteiger partial charge in [-0.25, -0.2) is 8.78 Å². The van der Waals surface area contributed by atoms with Gasteiger partial charge in [-0.3, -0.25) is 0 Å². The summed E-state index contributed by atoms with van der Waals surface area (Å²) in [5.74, 6) is -0.394. The molecule has 1 unspecified atom stereocenters. The van der Waals surface area contributed by atoms with Crippen LogP contribution in [0.5, 0.6) is 0 Å². The molecule has 0 fully saturated rings. The number of hydrogen-bond acceptors (Lipinski definition) is 0. The van der Waals surface area contributed by atoms with Gasteiger partial charge in [0.1, 0.15) is 12.0 Å². The SMILES string of the molecule is CCc1cccc(C(C)F)c1F. The molecule has 12 heavy (non-hydrogen) atoms. The van der Waals surface area contributed by atoms with Gasteiger partial charge < -0.3 is 0 Å². The smallest absolute Gasteiger partial charge is 0.132 e. The summed E-state index contributed by atoms with van der Waals surface area (Å²) in [6.07, 6.45) is -0.622. The Bertz CT molecular complexity index is 267. The summed E-state index contributed by atoms with van der Waals surface area (Å²) in [5, 5.41) is 0. The first-order valence-corrected chi connectivity index (χ1v) is 4.08. The average Bonchev–Trinajstić information content (AvgIpc) is 2.04. The van der Waals surface area contributed by atoms with E-state index in [1.807, 2.05) is 6.92 Å². The maximum absolute atomic E-state index is 13.3. The molecule has 1 atom stereocenters. The van der Waals surface area contributed by atoms with Gasteiger partial charge in [-0.2, -0.15) is 0 Å². The maximum atomic E-state index is 13.3. The van der Waals surface area contributed by atoms with Crippen LogP contribution < -0.4 is 0 Å². The Kier molecular flexibility index (Phi) is 2.79. The molecule has 0 aliphatic carbocycles. The van der Waals surface area contributed by atoms with Crippen molar-refractivity contribution in [3.8, 4) is 0 Å². The Morgan fingerprint density at radius 2 is 2.08 bits per heavy atom. The molecule has 0 bridgehead atoms. The molecule has 0 aliphatic rings. The van der Waals surface area contributed by atoms with Crippen molar-refractivity contribution in [3.05, 3.63) is 35.1 Å². The van der Waals surface area contributed by atoms with Crippen molar-refractivity contribution in [2.45, 2.75) is 26.4 Å². The highest BCUT2D eigenvalue weighted by Gasteiger charge is 2.11. The molecule has 0 saturated carbocycles. The predicted octanol–water partition coefficient (Wildman–Crippen LogP) is 3.42. The van der Waals surface area contributed by atoms with Crippen LogP contribution in [0.15, 0.2) is 18.2 Å². The van der Waals surface area contributed by atoms with Gasteiger partial charge in [0.2, 0.25) is 0 Å². The van der Waals surface area contributed by atoms with Gasteiger partial charge in [0, 0.05) is 5.56 Å². The van der Waals surface area contributed by atoms with Crippen molar-refractivity contribution in [2.75, 3.05) is 0 Å². The van der Waals surface area contributed by atoms with Crippen LogP contribution in [0, 0.1) is 5.82 Å². The lowest BCUT2D eigenvalue weighted by atomic mass is 10.1. The number of halogens is 2. The third-order valence-corrected chi connectivity index (χ3v) is 1.92. The van der Waals surface area contributed by atoms with Crippen LogP contribution in [0.1, 0.15) is 31.1 Å². The summed E-state index contributed by atoms with van der Waals surface area (Å²) in [6.45, 7) is 3.20. The molecular weight excluding hydrogens is 158 g/mol. The molecule has 1 aromatic rings. The lowest BCUT2D eigenvalue weighted by Gasteiger charge is -2.06. The largest absolute Gasteiger partial charge is 0.242 e. The Balaban J connectivity index is 3.14. The van der Waals surface area contributed by atoms with E-state index >= 15 is 0 Å². The van der Waals surface area contributed by atoms with Crippen molar-refractivity contribution < 1.29 is 8.78 Å². The molecule has 0 aliphatic heterocycles. The average molecular weight is 170 g/mol. The highest BCUT2D eigenvalue weighted by atomic mass is 19.1. The molecule has 0 radical (unpaired) electrons. The molecule has 2 heteroatoms. The summed E-state index contributed by atoms with van der Waals surface area (Å²) in [5.41, 5.74) is 0.742. The molecule has 0 saturated heterocycles. The Morgan fingerprint density at radius 3 is 2.58 bits per heavy atom. The fraction of sp³-hybridized carbons (Fsp3) is 0.400. The molecule has 0 spiro atoms. The number of benzene rings is 1. The van der Waals surface area contributed by atoms with Crippen molar-refractivity contribution in [1.29, 1.82) is 0 Å².